The molecule has 0 unspecified atom stereocenters. The lowest BCUT2D eigenvalue weighted by molar-refractivity contribution is 0.282. The van der Waals surface area contributed by atoms with Gasteiger partial charge in [0.05, 0.1) is 6.61 Å². The standard InChI is InChI=1S/C10H13ClO/c1-7(2)8-3-4-9(6-12)10(11)5-8/h3-5,7,12H,6H2,1-2H3. The second-order valence-corrected chi connectivity index (χ2v) is 3.57. The van der Waals surface area contributed by atoms with Gasteiger partial charge in [-0.15, -0.1) is 0 Å². The summed E-state index contributed by atoms with van der Waals surface area (Å²) in [5, 5.41) is 9.52. The molecular formula is C10H13ClO. The van der Waals surface area contributed by atoms with Gasteiger partial charge in [0.15, 0.2) is 0 Å². The lowest BCUT2D eigenvalue weighted by atomic mass is 10.0. The molecule has 0 heterocycles. The van der Waals surface area contributed by atoms with Crippen LogP contribution in [0, 0.1) is 0 Å². The molecule has 0 saturated carbocycles. The maximum Gasteiger partial charge on any atom is 0.0696 e. The first kappa shape index (κ1) is 9.56. The minimum Gasteiger partial charge on any atom is -0.392 e. The zero-order chi connectivity index (χ0) is 9.14. The number of hydrogen-bond donors (Lipinski definition) is 1. The molecule has 0 aliphatic rings. The highest BCUT2D eigenvalue weighted by atomic mass is 35.5. The molecule has 1 N–H and O–H groups in total. The fourth-order valence-corrected chi connectivity index (χ4v) is 1.30. The van der Waals surface area contributed by atoms with E-state index in [2.05, 4.69) is 13.8 Å². The average Bonchev–Trinajstić information content (AvgIpc) is 2.04. The maximum atomic E-state index is 8.86. The van der Waals surface area contributed by atoms with E-state index in [4.69, 9.17) is 16.7 Å². The molecule has 66 valence electrons. The summed E-state index contributed by atoms with van der Waals surface area (Å²) in [5.74, 6) is 0.482. The van der Waals surface area contributed by atoms with Crippen molar-refractivity contribution in [2.75, 3.05) is 0 Å². The lowest BCUT2D eigenvalue weighted by Crippen LogP contribution is -1.90. The van der Waals surface area contributed by atoms with Crippen LogP contribution in [0.25, 0.3) is 0 Å². The molecule has 1 nitrogen and oxygen atoms in total. The summed E-state index contributed by atoms with van der Waals surface area (Å²) in [6.45, 7) is 4.24. The van der Waals surface area contributed by atoms with Crippen molar-refractivity contribution in [2.45, 2.75) is 26.4 Å². The van der Waals surface area contributed by atoms with Crippen LogP contribution in [-0.2, 0) is 6.61 Å². The smallest absolute Gasteiger partial charge is 0.0696 e. The molecule has 0 spiro atoms. The Morgan fingerprint density at radius 3 is 2.50 bits per heavy atom. The fourth-order valence-electron chi connectivity index (χ4n) is 1.05. The zero-order valence-electron chi connectivity index (χ0n) is 7.34. The SMILES string of the molecule is CC(C)c1ccc(CO)c(Cl)c1. The van der Waals surface area contributed by atoms with Crippen LogP contribution in [0.4, 0.5) is 0 Å². The van der Waals surface area contributed by atoms with Gasteiger partial charge in [-0.2, -0.15) is 0 Å². The predicted octanol–water partition coefficient (Wildman–Crippen LogP) is 2.96. The monoisotopic (exact) mass is 184 g/mol. The summed E-state index contributed by atoms with van der Waals surface area (Å²) in [4.78, 5) is 0. The highest BCUT2D eigenvalue weighted by Gasteiger charge is 2.02. The number of hydrogen-bond acceptors (Lipinski definition) is 1. The third-order valence-corrected chi connectivity index (χ3v) is 2.27. The van der Waals surface area contributed by atoms with Gasteiger partial charge in [0.2, 0.25) is 0 Å². The second-order valence-electron chi connectivity index (χ2n) is 3.16. The van der Waals surface area contributed by atoms with Crippen molar-refractivity contribution < 1.29 is 5.11 Å². The van der Waals surface area contributed by atoms with E-state index in [0.29, 0.717) is 10.9 Å². The molecule has 0 aliphatic heterocycles. The third kappa shape index (κ3) is 1.99. The number of halogens is 1. The van der Waals surface area contributed by atoms with Crippen molar-refractivity contribution in [1.82, 2.24) is 0 Å². The van der Waals surface area contributed by atoms with Crippen molar-refractivity contribution >= 4 is 11.6 Å². The van der Waals surface area contributed by atoms with Crippen LogP contribution in [-0.4, -0.2) is 5.11 Å². The van der Waals surface area contributed by atoms with E-state index in [1.165, 1.54) is 5.56 Å². The Labute approximate surface area is 78.0 Å². The quantitative estimate of drug-likeness (QED) is 0.750. The predicted molar refractivity (Wildman–Crippen MR) is 51.5 cm³/mol. The van der Waals surface area contributed by atoms with Crippen molar-refractivity contribution in [3.8, 4) is 0 Å². The molecule has 0 aromatic heterocycles. The molecular weight excluding hydrogens is 172 g/mol. The first-order valence-corrected chi connectivity index (χ1v) is 4.42. The van der Waals surface area contributed by atoms with E-state index in [0.717, 1.165) is 5.56 Å². The Bertz CT molecular complexity index is 269. The molecule has 0 fully saturated rings. The molecule has 0 radical (unpaired) electrons. The number of aliphatic hydroxyl groups is 1. The first-order valence-electron chi connectivity index (χ1n) is 4.04. The van der Waals surface area contributed by atoms with Gasteiger partial charge in [0, 0.05) is 5.02 Å². The van der Waals surface area contributed by atoms with Crippen molar-refractivity contribution in [2.24, 2.45) is 0 Å². The largest absolute Gasteiger partial charge is 0.392 e. The second kappa shape index (κ2) is 3.92. The summed E-state index contributed by atoms with van der Waals surface area (Å²) in [7, 11) is 0. The van der Waals surface area contributed by atoms with Crippen molar-refractivity contribution in [1.29, 1.82) is 0 Å². The molecule has 0 saturated heterocycles. The molecule has 12 heavy (non-hydrogen) atoms. The first-order chi connectivity index (χ1) is 5.65. The van der Waals surface area contributed by atoms with E-state index in [1.807, 2.05) is 18.2 Å². The van der Waals surface area contributed by atoms with Gasteiger partial charge in [-0.25, -0.2) is 0 Å². The van der Waals surface area contributed by atoms with Crippen LogP contribution in [0.1, 0.15) is 30.9 Å². The molecule has 0 atom stereocenters. The van der Waals surface area contributed by atoms with E-state index in [9.17, 15) is 0 Å². The van der Waals surface area contributed by atoms with Gasteiger partial charge in [-0.05, 0) is 23.1 Å². The Morgan fingerprint density at radius 1 is 1.42 bits per heavy atom. The zero-order valence-corrected chi connectivity index (χ0v) is 8.10. The van der Waals surface area contributed by atoms with Gasteiger partial charge in [-0.3, -0.25) is 0 Å². The summed E-state index contributed by atoms with van der Waals surface area (Å²) in [6, 6.07) is 5.79. The minimum absolute atomic E-state index is 0.0111. The molecule has 1 aromatic carbocycles. The Balaban J connectivity index is 3.02. The van der Waals surface area contributed by atoms with E-state index in [1.54, 1.807) is 0 Å². The van der Waals surface area contributed by atoms with Gasteiger partial charge >= 0.3 is 0 Å². The van der Waals surface area contributed by atoms with Crippen molar-refractivity contribution in [3.05, 3.63) is 34.3 Å². The number of rotatable bonds is 2. The van der Waals surface area contributed by atoms with Crippen LogP contribution in [0.5, 0.6) is 0 Å². The Hall–Kier alpha value is -0.530. The van der Waals surface area contributed by atoms with Crippen LogP contribution in [0.3, 0.4) is 0 Å². The minimum atomic E-state index is 0.0111. The van der Waals surface area contributed by atoms with Crippen molar-refractivity contribution in [3.63, 3.8) is 0 Å². The molecule has 0 aliphatic carbocycles. The molecule has 1 aromatic rings. The molecule has 0 bridgehead atoms. The number of aliphatic hydroxyl groups excluding tert-OH is 1. The number of benzene rings is 1. The van der Waals surface area contributed by atoms with Gasteiger partial charge in [0.25, 0.3) is 0 Å². The third-order valence-electron chi connectivity index (χ3n) is 1.91. The Kier molecular flexibility index (Phi) is 3.12. The van der Waals surface area contributed by atoms with E-state index in [-0.39, 0.29) is 6.61 Å². The Morgan fingerprint density at radius 2 is 2.08 bits per heavy atom. The summed E-state index contributed by atoms with van der Waals surface area (Å²) < 4.78 is 0. The highest BCUT2D eigenvalue weighted by Crippen LogP contribution is 2.22. The van der Waals surface area contributed by atoms with Gasteiger partial charge in [0.1, 0.15) is 0 Å². The van der Waals surface area contributed by atoms with Crippen LogP contribution in [0.15, 0.2) is 18.2 Å². The van der Waals surface area contributed by atoms with E-state index < -0.39 is 0 Å². The average molecular weight is 185 g/mol. The molecule has 2 heteroatoms. The van der Waals surface area contributed by atoms with Crippen LogP contribution in [0.2, 0.25) is 5.02 Å². The fraction of sp³-hybridized carbons (Fsp3) is 0.400. The van der Waals surface area contributed by atoms with Crippen LogP contribution >= 0.6 is 11.6 Å². The molecule has 1 rings (SSSR count). The van der Waals surface area contributed by atoms with Gasteiger partial charge < -0.3 is 5.11 Å². The lowest BCUT2D eigenvalue weighted by Gasteiger charge is -2.07. The highest BCUT2D eigenvalue weighted by molar-refractivity contribution is 6.31. The molecule has 0 amide bonds. The summed E-state index contributed by atoms with van der Waals surface area (Å²) >= 11 is 5.91. The summed E-state index contributed by atoms with van der Waals surface area (Å²) in [6.07, 6.45) is 0. The van der Waals surface area contributed by atoms with Gasteiger partial charge in [-0.1, -0.05) is 37.6 Å². The normalized spacial score (nSPS) is 10.8. The van der Waals surface area contributed by atoms with E-state index >= 15 is 0 Å². The summed E-state index contributed by atoms with van der Waals surface area (Å²) in [5.41, 5.74) is 2.00. The van der Waals surface area contributed by atoms with Crippen LogP contribution < -0.4 is 0 Å². The maximum absolute atomic E-state index is 8.86. The topological polar surface area (TPSA) is 20.2 Å².